The summed E-state index contributed by atoms with van der Waals surface area (Å²) in [6, 6.07) is 15.5. The van der Waals surface area contributed by atoms with Crippen LogP contribution in [0.3, 0.4) is 0 Å². The van der Waals surface area contributed by atoms with Crippen molar-refractivity contribution < 1.29 is 8.42 Å². The molecule has 0 fully saturated rings. The van der Waals surface area contributed by atoms with E-state index in [4.69, 9.17) is 0 Å². The van der Waals surface area contributed by atoms with E-state index in [1.54, 1.807) is 12.1 Å². The summed E-state index contributed by atoms with van der Waals surface area (Å²) in [6.07, 6.45) is 3.05. The highest BCUT2D eigenvalue weighted by Gasteiger charge is 2.09. The van der Waals surface area contributed by atoms with Crippen LogP contribution in [-0.2, 0) is 22.7 Å². The zero-order chi connectivity index (χ0) is 13.9. The summed E-state index contributed by atoms with van der Waals surface area (Å²) >= 11 is 3.45. The Bertz CT molecular complexity index is 664. The lowest BCUT2D eigenvalue weighted by Gasteiger charge is -2.07. The minimum atomic E-state index is -3.14. The van der Waals surface area contributed by atoms with Crippen LogP contribution in [0.15, 0.2) is 57.9 Å². The van der Waals surface area contributed by atoms with Gasteiger partial charge in [-0.15, -0.1) is 0 Å². The second kappa shape index (κ2) is 5.88. The van der Waals surface area contributed by atoms with Gasteiger partial charge in [-0.1, -0.05) is 52.3 Å². The minimum Gasteiger partial charge on any atom is -0.224 e. The Morgan fingerprint density at radius 3 is 2.26 bits per heavy atom. The Labute approximate surface area is 122 Å². The van der Waals surface area contributed by atoms with Gasteiger partial charge >= 0.3 is 0 Å². The van der Waals surface area contributed by atoms with E-state index in [2.05, 4.69) is 28.1 Å². The van der Waals surface area contributed by atoms with Crippen molar-refractivity contribution in [2.24, 2.45) is 0 Å². The highest BCUT2D eigenvalue weighted by molar-refractivity contribution is 9.10. The van der Waals surface area contributed by atoms with E-state index in [9.17, 15) is 8.42 Å². The first kappa shape index (κ1) is 14.3. The molecule has 0 amide bonds. The number of hydrogen-bond acceptors (Lipinski definition) is 2. The monoisotopic (exact) mass is 338 g/mol. The van der Waals surface area contributed by atoms with Crippen LogP contribution < -0.4 is 0 Å². The second-order valence-electron chi connectivity index (χ2n) is 4.51. The van der Waals surface area contributed by atoms with Crippen LogP contribution in [0.2, 0.25) is 0 Å². The van der Waals surface area contributed by atoms with Gasteiger partial charge < -0.3 is 0 Å². The number of aryl methyl sites for hydroxylation is 2. The average molecular weight is 339 g/mol. The molecule has 0 saturated heterocycles. The van der Waals surface area contributed by atoms with Gasteiger partial charge in [-0.05, 0) is 36.1 Å². The van der Waals surface area contributed by atoms with Gasteiger partial charge in [0.05, 0.1) is 4.90 Å². The molecule has 0 spiro atoms. The maximum Gasteiger partial charge on any atom is 0.175 e. The van der Waals surface area contributed by atoms with Gasteiger partial charge in [-0.2, -0.15) is 0 Å². The third-order valence-electron chi connectivity index (χ3n) is 2.98. The van der Waals surface area contributed by atoms with Gasteiger partial charge in [0.2, 0.25) is 0 Å². The van der Waals surface area contributed by atoms with Gasteiger partial charge in [0.25, 0.3) is 0 Å². The SMILES string of the molecule is CS(=O)(=O)c1ccc(CCc2ccccc2)c(Br)c1. The lowest BCUT2D eigenvalue weighted by molar-refractivity contribution is 0.602. The van der Waals surface area contributed by atoms with Crippen molar-refractivity contribution in [1.82, 2.24) is 0 Å². The molecule has 2 aromatic carbocycles. The number of hydrogen-bond donors (Lipinski definition) is 0. The summed E-state index contributed by atoms with van der Waals surface area (Å²) in [7, 11) is -3.14. The van der Waals surface area contributed by atoms with Crippen LogP contribution in [0.1, 0.15) is 11.1 Å². The number of benzene rings is 2. The van der Waals surface area contributed by atoms with E-state index >= 15 is 0 Å². The standard InChI is InChI=1S/C15H15BrO2S/c1-19(17,18)14-10-9-13(15(16)11-14)8-7-12-5-3-2-4-6-12/h2-6,9-11H,7-8H2,1H3. The molecule has 0 aromatic heterocycles. The van der Waals surface area contributed by atoms with Crippen molar-refractivity contribution in [2.45, 2.75) is 17.7 Å². The summed E-state index contributed by atoms with van der Waals surface area (Å²) in [4.78, 5) is 0.350. The van der Waals surface area contributed by atoms with Gasteiger partial charge in [-0.3, -0.25) is 0 Å². The third-order valence-corrected chi connectivity index (χ3v) is 4.83. The molecule has 0 unspecified atom stereocenters. The van der Waals surface area contributed by atoms with Crippen molar-refractivity contribution in [2.75, 3.05) is 6.26 Å². The largest absolute Gasteiger partial charge is 0.224 e. The molecule has 2 aromatic rings. The Morgan fingerprint density at radius 1 is 1.00 bits per heavy atom. The minimum absolute atomic E-state index is 0.350. The predicted octanol–water partition coefficient (Wildman–Crippen LogP) is 3.64. The highest BCUT2D eigenvalue weighted by atomic mass is 79.9. The molecule has 2 rings (SSSR count). The first-order chi connectivity index (χ1) is 8.97. The maximum absolute atomic E-state index is 11.5. The smallest absolute Gasteiger partial charge is 0.175 e. The predicted molar refractivity (Wildman–Crippen MR) is 81.1 cm³/mol. The van der Waals surface area contributed by atoms with E-state index in [1.807, 2.05) is 24.3 Å². The zero-order valence-electron chi connectivity index (χ0n) is 10.6. The molecular formula is C15H15BrO2S. The fourth-order valence-corrected chi connectivity index (χ4v) is 3.26. The second-order valence-corrected chi connectivity index (χ2v) is 7.38. The fraction of sp³-hybridized carbons (Fsp3) is 0.200. The molecule has 0 N–H and O–H groups in total. The molecule has 0 aliphatic carbocycles. The van der Waals surface area contributed by atoms with Crippen molar-refractivity contribution in [3.8, 4) is 0 Å². The summed E-state index contributed by atoms with van der Waals surface area (Å²) in [5, 5.41) is 0. The highest BCUT2D eigenvalue weighted by Crippen LogP contribution is 2.22. The van der Waals surface area contributed by atoms with Crippen LogP contribution in [-0.4, -0.2) is 14.7 Å². The average Bonchev–Trinajstić information content (AvgIpc) is 2.37. The van der Waals surface area contributed by atoms with Crippen LogP contribution in [0.4, 0.5) is 0 Å². The van der Waals surface area contributed by atoms with Gasteiger partial charge in [0, 0.05) is 10.7 Å². The summed E-state index contributed by atoms with van der Waals surface area (Å²) in [5.41, 5.74) is 2.40. The van der Waals surface area contributed by atoms with Crippen LogP contribution in [0.25, 0.3) is 0 Å². The Hall–Kier alpha value is -1.13. The molecule has 0 bridgehead atoms. The molecule has 0 atom stereocenters. The first-order valence-corrected chi connectivity index (χ1v) is 8.67. The number of rotatable bonds is 4. The topological polar surface area (TPSA) is 34.1 Å². The van der Waals surface area contributed by atoms with Crippen molar-refractivity contribution in [1.29, 1.82) is 0 Å². The molecule has 0 aliphatic rings. The Kier molecular flexibility index (Phi) is 4.42. The maximum atomic E-state index is 11.5. The Balaban J connectivity index is 2.14. The zero-order valence-corrected chi connectivity index (χ0v) is 13.0. The van der Waals surface area contributed by atoms with E-state index in [-0.39, 0.29) is 0 Å². The van der Waals surface area contributed by atoms with Crippen LogP contribution in [0, 0.1) is 0 Å². The van der Waals surface area contributed by atoms with Crippen molar-refractivity contribution in [3.05, 3.63) is 64.1 Å². The summed E-state index contributed by atoms with van der Waals surface area (Å²) in [5.74, 6) is 0. The lowest BCUT2D eigenvalue weighted by Crippen LogP contribution is -1.99. The fourth-order valence-electron chi connectivity index (χ4n) is 1.89. The molecule has 100 valence electrons. The molecule has 0 heterocycles. The first-order valence-electron chi connectivity index (χ1n) is 5.99. The van der Waals surface area contributed by atoms with Crippen molar-refractivity contribution >= 4 is 25.8 Å². The number of sulfone groups is 1. The van der Waals surface area contributed by atoms with E-state index in [0.717, 1.165) is 22.9 Å². The molecule has 19 heavy (non-hydrogen) atoms. The quantitative estimate of drug-likeness (QED) is 0.852. The number of halogens is 1. The molecular weight excluding hydrogens is 324 g/mol. The van der Waals surface area contributed by atoms with Gasteiger partial charge in [0.1, 0.15) is 0 Å². The molecule has 0 aliphatic heterocycles. The molecule has 4 heteroatoms. The summed E-state index contributed by atoms with van der Waals surface area (Å²) < 4.78 is 23.8. The van der Waals surface area contributed by atoms with Crippen LogP contribution >= 0.6 is 15.9 Å². The van der Waals surface area contributed by atoms with Gasteiger partial charge in [-0.25, -0.2) is 8.42 Å². The van der Waals surface area contributed by atoms with E-state index in [1.165, 1.54) is 11.8 Å². The Morgan fingerprint density at radius 2 is 1.68 bits per heavy atom. The normalized spacial score (nSPS) is 11.5. The lowest BCUT2D eigenvalue weighted by atomic mass is 10.0. The molecule has 0 radical (unpaired) electrons. The van der Waals surface area contributed by atoms with Crippen molar-refractivity contribution in [3.63, 3.8) is 0 Å². The van der Waals surface area contributed by atoms with E-state index in [0.29, 0.717) is 4.90 Å². The van der Waals surface area contributed by atoms with Crippen LogP contribution in [0.5, 0.6) is 0 Å². The van der Waals surface area contributed by atoms with E-state index < -0.39 is 9.84 Å². The third kappa shape index (κ3) is 3.91. The molecule has 2 nitrogen and oxygen atoms in total. The summed E-state index contributed by atoms with van der Waals surface area (Å²) in [6.45, 7) is 0. The molecule has 0 saturated carbocycles. The van der Waals surface area contributed by atoms with Gasteiger partial charge in [0.15, 0.2) is 9.84 Å².